The van der Waals surface area contributed by atoms with Crippen LogP contribution in [0.15, 0.2) is 16.3 Å². The minimum absolute atomic E-state index is 0.000283. The Morgan fingerprint density at radius 3 is 2.57 bits per heavy atom. The lowest BCUT2D eigenvalue weighted by molar-refractivity contribution is 0.0602. The normalized spacial score (nSPS) is 20.6. The molecule has 0 N–H and O–H groups in total. The molecule has 1 atom stereocenters. The van der Waals surface area contributed by atoms with Gasteiger partial charge in [-0.3, -0.25) is 0 Å². The fraction of sp³-hybridized carbons (Fsp3) is 0.545. The molecule has 1 fully saturated rings. The molecule has 2 heterocycles. The second-order valence-corrected chi connectivity index (χ2v) is 9.86. The van der Waals surface area contributed by atoms with Crippen LogP contribution in [-0.2, 0) is 24.6 Å². The smallest absolute Gasteiger partial charge is 0.349 e. The van der Waals surface area contributed by atoms with Crippen LogP contribution < -0.4 is 0 Å². The Morgan fingerprint density at radius 2 is 2.05 bits per heavy atom. The van der Waals surface area contributed by atoms with Gasteiger partial charge in [0.2, 0.25) is 10.0 Å². The SMILES string of the molecule is COC(=O)c1sccc1S(=O)(=O)N1CC[C@@H](S(C)(=O)=O)C1. The number of carbonyl (C=O) groups excluding carboxylic acids is 1. The van der Waals surface area contributed by atoms with Crippen molar-refractivity contribution in [2.24, 2.45) is 0 Å². The number of sulfonamides is 1. The van der Waals surface area contributed by atoms with Gasteiger partial charge in [-0.2, -0.15) is 4.31 Å². The number of esters is 1. The van der Waals surface area contributed by atoms with Gasteiger partial charge in [0.05, 0.1) is 12.4 Å². The quantitative estimate of drug-likeness (QED) is 0.724. The summed E-state index contributed by atoms with van der Waals surface area (Å²) in [6.07, 6.45) is 1.36. The molecule has 0 bridgehead atoms. The highest BCUT2D eigenvalue weighted by atomic mass is 32.2. The van der Waals surface area contributed by atoms with E-state index in [1.54, 1.807) is 0 Å². The van der Waals surface area contributed by atoms with Crippen LogP contribution in [0.4, 0.5) is 0 Å². The van der Waals surface area contributed by atoms with Crippen molar-refractivity contribution in [3.63, 3.8) is 0 Å². The number of sulfone groups is 1. The number of hydrogen-bond donors (Lipinski definition) is 0. The van der Waals surface area contributed by atoms with Crippen LogP contribution in [0.25, 0.3) is 0 Å². The Bertz CT molecular complexity index is 749. The Balaban J connectivity index is 2.33. The first kappa shape index (κ1) is 16.4. The molecule has 1 aliphatic heterocycles. The number of nitrogens with zero attached hydrogens (tertiary/aromatic N) is 1. The van der Waals surface area contributed by atoms with Crippen molar-refractivity contribution in [2.75, 3.05) is 26.5 Å². The maximum atomic E-state index is 12.5. The summed E-state index contributed by atoms with van der Waals surface area (Å²) in [6.45, 7) is 0.0359. The van der Waals surface area contributed by atoms with E-state index in [0.29, 0.717) is 0 Å². The predicted molar refractivity (Wildman–Crippen MR) is 77.7 cm³/mol. The van der Waals surface area contributed by atoms with Crippen molar-refractivity contribution < 1.29 is 26.4 Å². The average Bonchev–Trinajstić information content (AvgIpc) is 3.05. The van der Waals surface area contributed by atoms with Gasteiger partial charge in [0.25, 0.3) is 0 Å². The van der Waals surface area contributed by atoms with Gasteiger partial charge in [-0.15, -0.1) is 11.3 Å². The molecule has 0 amide bonds. The second kappa shape index (κ2) is 5.67. The average molecular weight is 353 g/mol. The topological polar surface area (TPSA) is 97.8 Å². The largest absolute Gasteiger partial charge is 0.465 e. The van der Waals surface area contributed by atoms with Crippen LogP contribution >= 0.6 is 11.3 Å². The van der Waals surface area contributed by atoms with Gasteiger partial charge in [-0.25, -0.2) is 21.6 Å². The lowest BCUT2D eigenvalue weighted by atomic mass is 10.4. The number of thiophene rings is 1. The molecule has 1 aliphatic rings. The van der Waals surface area contributed by atoms with Crippen molar-refractivity contribution in [1.29, 1.82) is 0 Å². The number of hydrogen-bond acceptors (Lipinski definition) is 7. The van der Waals surface area contributed by atoms with Crippen molar-refractivity contribution >= 4 is 37.2 Å². The molecule has 0 unspecified atom stereocenters. The highest BCUT2D eigenvalue weighted by molar-refractivity contribution is 7.91. The fourth-order valence-corrected chi connectivity index (χ4v) is 6.03. The van der Waals surface area contributed by atoms with Crippen molar-refractivity contribution in [3.8, 4) is 0 Å². The second-order valence-electron chi connectivity index (χ2n) is 4.71. The minimum Gasteiger partial charge on any atom is -0.465 e. The van der Waals surface area contributed by atoms with Crippen LogP contribution in [0.5, 0.6) is 0 Å². The molecule has 21 heavy (non-hydrogen) atoms. The zero-order valence-electron chi connectivity index (χ0n) is 11.5. The lowest BCUT2D eigenvalue weighted by Gasteiger charge is -2.16. The summed E-state index contributed by atoms with van der Waals surface area (Å²) >= 11 is 0.976. The van der Waals surface area contributed by atoms with Gasteiger partial charge < -0.3 is 4.74 Å². The first-order chi connectivity index (χ1) is 9.67. The van der Waals surface area contributed by atoms with Crippen LogP contribution in [0.3, 0.4) is 0 Å². The Morgan fingerprint density at radius 1 is 1.38 bits per heavy atom. The maximum absolute atomic E-state index is 12.5. The third-order valence-electron chi connectivity index (χ3n) is 3.33. The summed E-state index contributed by atoms with van der Waals surface area (Å²) in [4.78, 5) is 11.5. The first-order valence-electron chi connectivity index (χ1n) is 6.02. The van der Waals surface area contributed by atoms with E-state index in [4.69, 9.17) is 0 Å². The van der Waals surface area contributed by atoms with E-state index in [1.165, 1.54) is 18.6 Å². The third kappa shape index (κ3) is 3.12. The monoisotopic (exact) mass is 353 g/mol. The van der Waals surface area contributed by atoms with E-state index < -0.39 is 31.1 Å². The first-order valence-corrected chi connectivity index (χ1v) is 10.3. The molecule has 0 radical (unpaired) electrons. The van der Waals surface area contributed by atoms with E-state index >= 15 is 0 Å². The maximum Gasteiger partial charge on any atom is 0.349 e. The molecular weight excluding hydrogens is 338 g/mol. The molecule has 1 saturated heterocycles. The fourth-order valence-electron chi connectivity index (χ4n) is 2.15. The van der Waals surface area contributed by atoms with Crippen molar-refractivity contribution in [1.82, 2.24) is 4.31 Å². The van der Waals surface area contributed by atoms with Crippen molar-refractivity contribution in [3.05, 3.63) is 16.3 Å². The molecule has 1 aromatic heterocycles. The summed E-state index contributed by atoms with van der Waals surface area (Å²) in [6, 6.07) is 1.33. The Labute approximate surface area is 127 Å². The Kier molecular flexibility index (Phi) is 4.43. The number of methoxy groups -OCH3 is 1. The van der Waals surface area contributed by atoms with Gasteiger partial charge in [-0.05, 0) is 17.9 Å². The van der Waals surface area contributed by atoms with E-state index in [0.717, 1.165) is 21.9 Å². The van der Waals surface area contributed by atoms with Gasteiger partial charge in [-0.1, -0.05) is 0 Å². The van der Waals surface area contributed by atoms with Crippen LogP contribution in [0.2, 0.25) is 0 Å². The summed E-state index contributed by atoms with van der Waals surface area (Å²) in [5.74, 6) is -0.720. The molecule has 10 heteroatoms. The molecule has 0 spiro atoms. The molecular formula is C11H15NO6S3. The molecule has 1 aromatic rings. The van der Waals surface area contributed by atoms with Crippen LogP contribution in [0, 0.1) is 0 Å². The molecule has 7 nitrogen and oxygen atoms in total. The van der Waals surface area contributed by atoms with Gasteiger partial charge in [0.15, 0.2) is 9.84 Å². The number of rotatable bonds is 4. The molecule has 0 saturated carbocycles. The van der Waals surface area contributed by atoms with E-state index in [1.807, 2.05) is 0 Å². The zero-order chi connectivity index (χ0) is 15.8. The summed E-state index contributed by atoms with van der Waals surface area (Å²) in [5, 5.41) is 0.788. The molecule has 0 aliphatic carbocycles. The lowest BCUT2D eigenvalue weighted by Crippen LogP contribution is -2.32. The van der Waals surface area contributed by atoms with Gasteiger partial charge in [0, 0.05) is 19.3 Å². The van der Waals surface area contributed by atoms with Gasteiger partial charge >= 0.3 is 5.97 Å². The summed E-state index contributed by atoms with van der Waals surface area (Å²) in [7, 11) is -6.01. The van der Waals surface area contributed by atoms with E-state index in [-0.39, 0.29) is 29.3 Å². The van der Waals surface area contributed by atoms with Crippen molar-refractivity contribution in [2.45, 2.75) is 16.6 Å². The highest BCUT2D eigenvalue weighted by Crippen LogP contribution is 2.29. The third-order valence-corrected chi connectivity index (χ3v) is 7.86. The molecule has 118 valence electrons. The van der Waals surface area contributed by atoms with Crippen LogP contribution in [0.1, 0.15) is 16.1 Å². The predicted octanol–water partition coefficient (Wildman–Crippen LogP) is 0.342. The number of ether oxygens (including phenoxy) is 1. The zero-order valence-corrected chi connectivity index (χ0v) is 13.9. The van der Waals surface area contributed by atoms with Crippen LogP contribution in [-0.4, -0.2) is 58.8 Å². The van der Waals surface area contributed by atoms with E-state index in [9.17, 15) is 21.6 Å². The standard InChI is InChI=1S/C11H15NO6S3/c1-18-11(13)10-9(4-6-19-10)21(16,17)12-5-3-8(7-12)20(2,14)15/h4,6,8H,3,5,7H2,1-2H3/t8-/m1/s1. The Hall–Kier alpha value is -0.970. The van der Waals surface area contributed by atoms with E-state index in [2.05, 4.69) is 4.74 Å². The highest BCUT2D eigenvalue weighted by Gasteiger charge is 2.38. The minimum atomic E-state index is -3.90. The summed E-state index contributed by atoms with van der Waals surface area (Å²) < 4.78 is 53.8. The number of carbonyl (C=O) groups is 1. The molecule has 2 rings (SSSR count). The summed E-state index contributed by atoms with van der Waals surface area (Å²) in [5.41, 5.74) is 0. The van der Waals surface area contributed by atoms with Gasteiger partial charge in [0.1, 0.15) is 9.77 Å². The molecule has 0 aromatic carbocycles.